The van der Waals surface area contributed by atoms with E-state index in [1.54, 1.807) is 24.3 Å². The molecule has 0 radical (unpaired) electrons. The van der Waals surface area contributed by atoms with Crippen LogP contribution in [-0.4, -0.2) is 6.61 Å². The molecule has 0 fully saturated rings. The van der Waals surface area contributed by atoms with Crippen LogP contribution in [0.5, 0.6) is 5.75 Å². The molecular weight excluding hydrogens is 677 g/mol. The first-order valence-corrected chi connectivity index (χ1v) is 16.1. The summed E-state index contributed by atoms with van der Waals surface area (Å²) >= 11 is 0. The first-order chi connectivity index (χ1) is 22.3. The molecule has 5 aromatic rings. The normalized spacial score (nSPS) is 13.1. The lowest BCUT2D eigenvalue weighted by Gasteiger charge is -2.40. The van der Waals surface area contributed by atoms with Crippen molar-refractivity contribution in [3.8, 4) is 39.8 Å². The number of aryl methyl sites for hydroxylation is 1. The third-order valence-corrected chi connectivity index (χ3v) is 8.49. The number of hydrogen-bond acceptors (Lipinski definition) is 1. The molecule has 0 heterocycles. The van der Waals surface area contributed by atoms with Crippen molar-refractivity contribution in [3.63, 3.8) is 0 Å². The smallest absolute Gasteiger partial charge is 0.315 e. The monoisotopic (exact) mass is 700 g/mol. The second-order valence-electron chi connectivity index (χ2n) is 11.0. The van der Waals surface area contributed by atoms with E-state index >= 15 is 17.6 Å². The maximum absolute atomic E-state index is 15.7. The van der Waals surface area contributed by atoms with Gasteiger partial charge in [0.05, 0.1) is 23.1 Å². The summed E-state index contributed by atoms with van der Waals surface area (Å²) in [5.74, 6) is -5.16. The second kappa shape index (κ2) is 11.8. The first-order valence-electron chi connectivity index (χ1n) is 14.2. The molecule has 0 saturated heterocycles. The maximum atomic E-state index is 15.7. The van der Waals surface area contributed by atoms with Gasteiger partial charge in [0.15, 0.2) is 4.90 Å². The Morgan fingerprint density at radius 1 is 0.646 bits per heavy atom. The number of rotatable bonds is 7. The van der Waals surface area contributed by atoms with E-state index in [4.69, 9.17) is 4.74 Å². The highest BCUT2D eigenvalue weighted by atomic mass is 32.5. The molecule has 0 aliphatic rings. The fourth-order valence-electron chi connectivity index (χ4n) is 5.10. The molecule has 0 saturated carbocycles. The molecule has 0 amide bonds. The van der Waals surface area contributed by atoms with E-state index in [2.05, 4.69) is 5.92 Å². The van der Waals surface area contributed by atoms with Crippen molar-refractivity contribution in [2.45, 2.75) is 31.6 Å². The topological polar surface area (TPSA) is 9.23 Å². The Balaban J connectivity index is 1.49. The van der Waals surface area contributed by atoms with Gasteiger partial charge in [0.1, 0.15) is 40.7 Å². The van der Waals surface area contributed by atoms with Crippen LogP contribution < -0.4 is 4.74 Å². The number of benzene rings is 5. The minimum atomic E-state index is -10.7. The third kappa shape index (κ3) is 7.08. The number of halogens is 11. The summed E-state index contributed by atoms with van der Waals surface area (Å²) in [7, 11) is -10.7. The van der Waals surface area contributed by atoms with E-state index in [0.717, 1.165) is 31.0 Å². The molecular formula is C35H23F11OS. The standard InChI is InChI=1S/C35H23F11OS/c1-3-4-11-47-25-8-6-21(7-9-25)22-15-24-18-29(38)32(34(41)33(24)28(37)16-22)23-12-19(2)26(27(36)17-23)10-5-20-13-30(39)35(31(40)14-20)48(42,43,44,45)46/h6-9,12-18H,3-4,11H2,1-2H3. The zero-order chi connectivity index (χ0) is 35.2. The van der Waals surface area contributed by atoms with Crippen LogP contribution in [0.15, 0.2) is 71.6 Å². The Hall–Kier alpha value is -4.70. The molecule has 252 valence electrons. The number of unbranched alkanes of at least 4 members (excludes halogenated alkanes) is 1. The Morgan fingerprint density at radius 2 is 1.27 bits per heavy atom. The van der Waals surface area contributed by atoms with Crippen molar-refractivity contribution in [2.75, 3.05) is 6.61 Å². The first kappa shape index (κ1) is 34.6. The molecule has 48 heavy (non-hydrogen) atoms. The lowest BCUT2D eigenvalue weighted by Crippen LogP contribution is -2.11. The van der Waals surface area contributed by atoms with Gasteiger partial charge in [0.2, 0.25) is 0 Å². The van der Waals surface area contributed by atoms with Gasteiger partial charge in [-0.05, 0) is 95.6 Å². The summed E-state index contributed by atoms with van der Waals surface area (Å²) in [6, 6.07) is 11.7. The predicted molar refractivity (Wildman–Crippen MR) is 164 cm³/mol. The summed E-state index contributed by atoms with van der Waals surface area (Å²) in [6.45, 7) is 3.80. The van der Waals surface area contributed by atoms with Gasteiger partial charge in [-0.1, -0.05) is 56.7 Å². The van der Waals surface area contributed by atoms with Gasteiger partial charge >= 0.3 is 10.2 Å². The van der Waals surface area contributed by atoms with Crippen LogP contribution in [0.3, 0.4) is 0 Å². The van der Waals surface area contributed by atoms with Crippen LogP contribution >= 0.6 is 10.2 Å². The molecule has 0 spiro atoms. The van der Waals surface area contributed by atoms with Crippen LogP contribution in [-0.2, 0) is 0 Å². The van der Waals surface area contributed by atoms with Crippen LogP contribution in [0.2, 0.25) is 0 Å². The minimum Gasteiger partial charge on any atom is -0.494 e. The Kier molecular flexibility index (Phi) is 8.49. The van der Waals surface area contributed by atoms with Crippen LogP contribution in [0.25, 0.3) is 33.0 Å². The lowest BCUT2D eigenvalue weighted by atomic mass is 9.94. The lowest BCUT2D eigenvalue weighted by molar-refractivity contribution is 0.309. The zero-order valence-electron chi connectivity index (χ0n) is 24.9. The third-order valence-electron chi connectivity index (χ3n) is 7.33. The molecule has 0 aromatic heterocycles. The molecule has 5 rings (SSSR count). The van der Waals surface area contributed by atoms with Crippen molar-refractivity contribution in [1.29, 1.82) is 0 Å². The molecule has 13 heteroatoms. The van der Waals surface area contributed by atoms with E-state index in [1.165, 1.54) is 13.0 Å². The van der Waals surface area contributed by atoms with Crippen molar-refractivity contribution in [1.82, 2.24) is 0 Å². The fourth-order valence-corrected chi connectivity index (χ4v) is 5.96. The van der Waals surface area contributed by atoms with Crippen molar-refractivity contribution >= 4 is 21.0 Å². The van der Waals surface area contributed by atoms with Crippen molar-refractivity contribution < 1.29 is 50.5 Å². The second-order valence-corrected chi connectivity index (χ2v) is 13.3. The largest absolute Gasteiger partial charge is 0.494 e. The maximum Gasteiger partial charge on any atom is 0.315 e. The summed E-state index contributed by atoms with van der Waals surface area (Å²) in [5, 5.41) is -0.669. The summed E-state index contributed by atoms with van der Waals surface area (Å²) < 4.78 is 160. The molecule has 1 nitrogen and oxygen atoms in total. The molecule has 0 N–H and O–H groups in total. The summed E-state index contributed by atoms with van der Waals surface area (Å²) in [4.78, 5) is -3.33. The predicted octanol–water partition coefficient (Wildman–Crippen LogP) is 12.6. The van der Waals surface area contributed by atoms with Gasteiger partial charge in [-0.25, -0.2) is 26.3 Å². The average Bonchev–Trinajstić information content (AvgIpc) is 2.95. The van der Waals surface area contributed by atoms with E-state index in [9.17, 15) is 28.2 Å². The number of fused-ring (bicyclic) bond motifs is 1. The molecule has 0 bridgehead atoms. The fraction of sp³-hybridized carbons (Fsp3) is 0.143. The van der Waals surface area contributed by atoms with E-state index in [0.29, 0.717) is 29.5 Å². The van der Waals surface area contributed by atoms with Crippen molar-refractivity contribution in [2.24, 2.45) is 0 Å². The molecule has 0 unspecified atom stereocenters. The Bertz CT molecular complexity index is 2100. The SMILES string of the molecule is CCCCOc1ccc(-c2cc(F)c3c(F)c(-c4cc(C)c(C#Cc5cc(F)c(S(F)(F)(F)(F)F)c(F)c5)c(F)c4)c(F)cc3c2)cc1. The van der Waals surface area contributed by atoms with Crippen LogP contribution in [0.1, 0.15) is 36.5 Å². The summed E-state index contributed by atoms with van der Waals surface area (Å²) in [5.41, 5.74) is -1.60. The Labute approximate surface area is 267 Å². The quantitative estimate of drug-likeness (QED) is 0.0933. The number of hydrogen-bond donors (Lipinski definition) is 0. The zero-order valence-corrected chi connectivity index (χ0v) is 25.8. The summed E-state index contributed by atoms with van der Waals surface area (Å²) in [6.07, 6.45) is 1.82. The Morgan fingerprint density at radius 3 is 1.85 bits per heavy atom. The highest BCUT2D eigenvalue weighted by molar-refractivity contribution is 8.45. The van der Waals surface area contributed by atoms with Gasteiger partial charge in [0.25, 0.3) is 0 Å². The van der Waals surface area contributed by atoms with Crippen LogP contribution in [0.4, 0.5) is 45.8 Å². The van der Waals surface area contributed by atoms with Crippen LogP contribution in [0, 0.1) is 53.7 Å². The van der Waals surface area contributed by atoms with Gasteiger partial charge in [-0.2, -0.15) is 0 Å². The highest BCUT2D eigenvalue weighted by Gasteiger charge is 2.68. The molecule has 0 atom stereocenters. The van der Waals surface area contributed by atoms with E-state index < -0.39 is 72.1 Å². The minimum absolute atomic E-state index is 0.0705. The van der Waals surface area contributed by atoms with Gasteiger partial charge in [0, 0.05) is 5.56 Å². The van der Waals surface area contributed by atoms with Gasteiger partial charge in [-0.15, -0.1) is 0 Å². The number of ether oxygens (including phenoxy) is 1. The van der Waals surface area contributed by atoms with E-state index in [-0.39, 0.29) is 28.6 Å². The molecule has 5 aromatic carbocycles. The van der Waals surface area contributed by atoms with Gasteiger partial charge < -0.3 is 4.74 Å². The van der Waals surface area contributed by atoms with E-state index in [1.807, 2.05) is 12.8 Å². The average molecular weight is 701 g/mol. The van der Waals surface area contributed by atoms with Crippen molar-refractivity contribution in [3.05, 3.63) is 118 Å². The molecule has 0 aliphatic heterocycles. The molecule has 0 aliphatic carbocycles. The van der Waals surface area contributed by atoms with Gasteiger partial charge in [-0.3, -0.25) is 0 Å². The highest BCUT2D eigenvalue weighted by Crippen LogP contribution is 3.02.